The van der Waals surface area contributed by atoms with Crippen LogP contribution in [0, 0.1) is 6.92 Å². The molecule has 0 atom stereocenters. The van der Waals surface area contributed by atoms with Gasteiger partial charge in [0.05, 0.1) is 11.4 Å². The van der Waals surface area contributed by atoms with Crippen molar-refractivity contribution in [3.63, 3.8) is 0 Å². The molecule has 10 heteroatoms. The second-order valence-electron chi connectivity index (χ2n) is 7.28. The summed E-state index contributed by atoms with van der Waals surface area (Å²) in [4.78, 5) is 28.1. The van der Waals surface area contributed by atoms with Gasteiger partial charge in [-0.3, -0.25) is 9.59 Å². The number of carbonyl (C=O) groups excluding carboxylic acids is 2. The number of nitrogens with zero attached hydrogens (tertiary/aromatic N) is 4. The molecule has 1 aromatic carbocycles. The van der Waals surface area contributed by atoms with E-state index >= 15 is 0 Å². The van der Waals surface area contributed by atoms with Gasteiger partial charge in [-0.05, 0) is 19.1 Å². The Labute approximate surface area is 176 Å². The molecule has 0 spiro atoms. The fourth-order valence-electron chi connectivity index (χ4n) is 3.31. The molecule has 1 aromatic heterocycles. The summed E-state index contributed by atoms with van der Waals surface area (Å²) in [5.41, 5.74) is 0.658. The van der Waals surface area contributed by atoms with E-state index in [2.05, 4.69) is 5.16 Å². The van der Waals surface area contributed by atoms with E-state index < -0.39 is 10.0 Å². The van der Waals surface area contributed by atoms with E-state index in [0.29, 0.717) is 31.1 Å². The number of benzene rings is 1. The maximum Gasteiger partial charge on any atom is 0.243 e. The van der Waals surface area contributed by atoms with E-state index in [4.69, 9.17) is 4.52 Å². The van der Waals surface area contributed by atoms with Gasteiger partial charge in [-0.15, -0.1) is 0 Å². The zero-order valence-electron chi connectivity index (χ0n) is 17.2. The minimum atomic E-state index is -3.56. The smallest absolute Gasteiger partial charge is 0.243 e. The van der Waals surface area contributed by atoms with Gasteiger partial charge in [0, 0.05) is 52.1 Å². The molecule has 2 aromatic rings. The summed E-state index contributed by atoms with van der Waals surface area (Å²) in [6, 6.07) is 10.0. The topological polar surface area (TPSA) is 104 Å². The van der Waals surface area contributed by atoms with Crippen molar-refractivity contribution >= 4 is 21.8 Å². The number of carbonyl (C=O) groups is 2. The fourth-order valence-corrected chi connectivity index (χ4v) is 4.75. The second kappa shape index (κ2) is 9.40. The lowest BCUT2D eigenvalue weighted by Gasteiger charge is -2.34. The zero-order chi connectivity index (χ0) is 21.7. The van der Waals surface area contributed by atoms with E-state index in [1.54, 1.807) is 55.3 Å². The highest BCUT2D eigenvalue weighted by Crippen LogP contribution is 2.17. The highest BCUT2D eigenvalue weighted by atomic mass is 32.2. The van der Waals surface area contributed by atoms with Gasteiger partial charge in [0.2, 0.25) is 21.8 Å². The van der Waals surface area contributed by atoms with Crippen LogP contribution >= 0.6 is 0 Å². The normalized spacial score (nSPS) is 15.2. The number of hydrogen-bond donors (Lipinski definition) is 0. The molecule has 1 saturated heterocycles. The predicted octanol–water partition coefficient (Wildman–Crippen LogP) is 1.25. The predicted molar refractivity (Wildman–Crippen MR) is 109 cm³/mol. The molecule has 3 rings (SSSR count). The molecule has 9 nitrogen and oxygen atoms in total. The lowest BCUT2D eigenvalue weighted by Crippen LogP contribution is -2.50. The van der Waals surface area contributed by atoms with Gasteiger partial charge in [0.15, 0.2) is 0 Å². The van der Waals surface area contributed by atoms with Crippen molar-refractivity contribution in [2.24, 2.45) is 0 Å². The monoisotopic (exact) mass is 434 g/mol. The minimum Gasteiger partial charge on any atom is -0.361 e. The van der Waals surface area contributed by atoms with Crippen LogP contribution in [0.4, 0.5) is 0 Å². The van der Waals surface area contributed by atoms with E-state index in [0.717, 1.165) is 0 Å². The van der Waals surface area contributed by atoms with Crippen LogP contribution in [-0.2, 0) is 26.2 Å². The number of piperazine rings is 1. The van der Waals surface area contributed by atoms with Crippen LogP contribution in [0.5, 0.6) is 0 Å². The van der Waals surface area contributed by atoms with Crippen LogP contribution in [0.2, 0.25) is 0 Å². The van der Waals surface area contributed by atoms with Crippen molar-refractivity contribution in [1.29, 1.82) is 0 Å². The molecule has 1 fully saturated rings. The third-order valence-electron chi connectivity index (χ3n) is 5.03. The van der Waals surface area contributed by atoms with Crippen molar-refractivity contribution in [3.05, 3.63) is 47.9 Å². The maximum atomic E-state index is 12.7. The van der Waals surface area contributed by atoms with Crippen molar-refractivity contribution in [1.82, 2.24) is 19.3 Å². The largest absolute Gasteiger partial charge is 0.361 e. The summed E-state index contributed by atoms with van der Waals surface area (Å²) in [5.74, 6) is 0.370. The van der Waals surface area contributed by atoms with Gasteiger partial charge in [0.25, 0.3) is 0 Å². The Balaban J connectivity index is 1.45. The number of aromatic nitrogens is 1. The molecule has 0 bridgehead atoms. The van der Waals surface area contributed by atoms with Gasteiger partial charge in [-0.2, -0.15) is 4.31 Å². The summed E-state index contributed by atoms with van der Waals surface area (Å²) in [7, 11) is -1.90. The highest BCUT2D eigenvalue weighted by molar-refractivity contribution is 7.89. The first kappa shape index (κ1) is 22.0. The minimum absolute atomic E-state index is 0.0897. The molecule has 30 heavy (non-hydrogen) atoms. The molecular weight excluding hydrogens is 408 g/mol. The average Bonchev–Trinajstić information content (AvgIpc) is 3.16. The Morgan fingerprint density at radius 2 is 1.77 bits per heavy atom. The number of amides is 2. The van der Waals surface area contributed by atoms with Crippen molar-refractivity contribution in [2.75, 3.05) is 33.2 Å². The van der Waals surface area contributed by atoms with E-state index in [-0.39, 0.29) is 42.6 Å². The van der Waals surface area contributed by atoms with Crippen molar-refractivity contribution in [3.8, 4) is 0 Å². The Morgan fingerprint density at radius 3 is 2.37 bits per heavy atom. The average molecular weight is 435 g/mol. The molecule has 2 amide bonds. The number of aryl methyl sites for hydroxylation is 1. The first-order valence-electron chi connectivity index (χ1n) is 9.76. The summed E-state index contributed by atoms with van der Waals surface area (Å²) in [5, 5.41) is 3.86. The van der Waals surface area contributed by atoms with Crippen molar-refractivity contribution in [2.45, 2.75) is 31.2 Å². The standard InChI is InChI=1S/C20H26N4O5S/c1-16-14-17(21-29-16)15-22(2)19(25)8-9-20(26)23-10-12-24(13-11-23)30(27,28)18-6-4-3-5-7-18/h3-7,14H,8-13,15H2,1-2H3. The molecule has 0 radical (unpaired) electrons. The molecule has 1 aliphatic heterocycles. The van der Waals surface area contributed by atoms with Gasteiger partial charge >= 0.3 is 0 Å². The molecule has 2 heterocycles. The Morgan fingerprint density at radius 1 is 1.10 bits per heavy atom. The quantitative estimate of drug-likeness (QED) is 0.650. The highest BCUT2D eigenvalue weighted by Gasteiger charge is 2.30. The van der Waals surface area contributed by atoms with Crippen LogP contribution in [0.3, 0.4) is 0 Å². The summed E-state index contributed by atoms with van der Waals surface area (Å²) in [6.07, 6.45) is 0.182. The first-order chi connectivity index (χ1) is 14.3. The summed E-state index contributed by atoms with van der Waals surface area (Å²) in [6.45, 7) is 3.20. The Bertz CT molecular complexity index is 982. The molecule has 0 N–H and O–H groups in total. The van der Waals surface area contributed by atoms with Crippen LogP contribution < -0.4 is 0 Å². The fraction of sp³-hybridized carbons (Fsp3) is 0.450. The molecular formula is C20H26N4O5S. The number of hydrogen-bond acceptors (Lipinski definition) is 6. The molecule has 0 aliphatic carbocycles. The second-order valence-corrected chi connectivity index (χ2v) is 9.21. The van der Waals surface area contributed by atoms with Gasteiger partial charge in [-0.25, -0.2) is 8.42 Å². The van der Waals surface area contributed by atoms with Gasteiger partial charge < -0.3 is 14.3 Å². The SMILES string of the molecule is Cc1cc(CN(C)C(=O)CCC(=O)N2CCN(S(=O)(=O)c3ccccc3)CC2)no1. The summed E-state index contributed by atoms with van der Waals surface area (Å²) >= 11 is 0. The zero-order valence-corrected chi connectivity index (χ0v) is 18.0. The Hall–Kier alpha value is -2.72. The summed E-state index contributed by atoms with van der Waals surface area (Å²) < 4.78 is 31.7. The lowest BCUT2D eigenvalue weighted by molar-refractivity contribution is -0.137. The van der Waals surface area contributed by atoms with Crippen LogP contribution in [0.15, 0.2) is 45.8 Å². The molecule has 0 unspecified atom stereocenters. The number of sulfonamides is 1. The third-order valence-corrected chi connectivity index (χ3v) is 6.94. The van der Waals surface area contributed by atoms with Gasteiger partial charge in [0.1, 0.15) is 11.5 Å². The number of rotatable bonds is 7. The third kappa shape index (κ3) is 5.25. The molecule has 0 saturated carbocycles. The molecule has 162 valence electrons. The van der Waals surface area contributed by atoms with E-state index in [1.807, 2.05) is 0 Å². The maximum absolute atomic E-state index is 12.7. The Kier molecular flexibility index (Phi) is 6.88. The van der Waals surface area contributed by atoms with Gasteiger partial charge in [-0.1, -0.05) is 23.4 Å². The molecule has 1 aliphatic rings. The van der Waals surface area contributed by atoms with Crippen LogP contribution in [-0.4, -0.2) is 72.7 Å². The van der Waals surface area contributed by atoms with Crippen LogP contribution in [0.25, 0.3) is 0 Å². The first-order valence-corrected chi connectivity index (χ1v) is 11.2. The lowest BCUT2D eigenvalue weighted by atomic mass is 10.2. The van der Waals surface area contributed by atoms with Crippen LogP contribution in [0.1, 0.15) is 24.3 Å². The van der Waals surface area contributed by atoms with Crippen molar-refractivity contribution < 1.29 is 22.5 Å². The van der Waals surface area contributed by atoms with E-state index in [9.17, 15) is 18.0 Å². The van der Waals surface area contributed by atoms with E-state index in [1.165, 1.54) is 9.21 Å².